The zero-order valence-corrected chi connectivity index (χ0v) is 16.6. The van der Waals surface area contributed by atoms with Crippen LogP contribution in [0.4, 0.5) is 4.39 Å². The van der Waals surface area contributed by atoms with Gasteiger partial charge in [0.15, 0.2) is 0 Å². The van der Waals surface area contributed by atoms with E-state index in [0.29, 0.717) is 42.2 Å². The third-order valence-electron chi connectivity index (χ3n) is 5.05. The summed E-state index contributed by atoms with van der Waals surface area (Å²) < 4.78 is 22.1. The van der Waals surface area contributed by atoms with Crippen LogP contribution < -0.4 is 4.74 Å². The first-order valence-corrected chi connectivity index (χ1v) is 10.3. The minimum Gasteiger partial charge on any atom is -0.467 e. The number of nitrogens with zero attached hydrogens (tertiary/aromatic N) is 6. The van der Waals surface area contributed by atoms with Gasteiger partial charge in [-0.3, -0.25) is 4.79 Å². The number of carbonyl (C=O) groups excluding carboxylic acids is 1. The van der Waals surface area contributed by atoms with Gasteiger partial charge in [0.1, 0.15) is 23.8 Å². The quantitative estimate of drug-likeness (QED) is 0.500. The first-order chi connectivity index (χ1) is 14.7. The maximum atomic E-state index is 13.8. The first kappa shape index (κ1) is 18.6. The number of halogens is 1. The number of tetrazole rings is 1. The molecule has 0 saturated carbocycles. The maximum absolute atomic E-state index is 13.8. The molecule has 152 valence electrons. The van der Waals surface area contributed by atoms with Gasteiger partial charge >= 0.3 is 0 Å². The van der Waals surface area contributed by atoms with Crippen molar-refractivity contribution in [1.82, 2.24) is 30.1 Å². The van der Waals surface area contributed by atoms with Gasteiger partial charge in [0.05, 0.1) is 10.4 Å². The Hall–Kier alpha value is -3.40. The molecule has 1 amide bonds. The Bertz CT molecular complexity index is 1190. The lowest BCUT2D eigenvalue weighted by molar-refractivity contribution is 0.0595. The van der Waals surface area contributed by atoms with Gasteiger partial charge in [-0.15, -0.1) is 5.10 Å². The molecule has 0 N–H and O–H groups in total. The number of fused-ring (bicyclic) bond motifs is 1. The van der Waals surface area contributed by atoms with E-state index in [2.05, 4.69) is 20.5 Å². The molecule has 1 aliphatic rings. The van der Waals surface area contributed by atoms with E-state index in [1.807, 2.05) is 23.1 Å². The molecule has 1 aliphatic heterocycles. The van der Waals surface area contributed by atoms with Crippen molar-refractivity contribution in [3.8, 4) is 10.9 Å². The summed E-state index contributed by atoms with van der Waals surface area (Å²) in [6, 6.07) is 12.1. The van der Waals surface area contributed by atoms with Gasteiger partial charge in [-0.25, -0.2) is 9.07 Å². The average molecular weight is 424 g/mol. The van der Waals surface area contributed by atoms with Crippen LogP contribution in [-0.4, -0.2) is 55.2 Å². The second kappa shape index (κ2) is 7.79. The van der Waals surface area contributed by atoms with E-state index in [4.69, 9.17) is 4.74 Å². The molecule has 0 unspecified atom stereocenters. The number of ether oxygens (including phenoxy) is 1. The van der Waals surface area contributed by atoms with Crippen molar-refractivity contribution in [2.45, 2.75) is 18.9 Å². The van der Waals surface area contributed by atoms with Crippen LogP contribution in [0.25, 0.3) is 15.9 Å². The van der Waals surface area contributed by atoms with Crippen LogP contribution in [0.2, 0.25) is 0 Å². The first-order valence-electron chi connectivity index (χ1n) is 9.52. The van der Waals surface area contributed by atoms with E-state index in [1.165, 1.54) is 28.4 Å². The summed E-state index contributed by atoms with van der Waals surface area (Å²) in [5.74, 6) is -0.381. The third-order valence-corrected chi connectivity index (χ3v) is 5.96. The number of carbonyl (C=O) groups is 1. The SMILES string of the molecule is O=C(c1cccc(-n2cnnn2)c1)N1CCC(Oc2nc3c(F)cccc3s2)CC1. The molecule has 4 aromatic rings. The van der Waals surface area contributed by atoms with Crippen molar-refractivity contribution >= 4 is 27.5 Å². The summed E-state index contributed by atoms with van der Waals surface area (Å²) in [7, 11) is 0. The van der Waals surface area contributed by atoms with Gasteiger partial charge in [-0.1, -0.05) is 23.5 Å². The van der Waals surface area contributed by atoms with E-state index in [1.54, 1.807) is 18.2 Å². The third kappa shape index (κ3) is 3.61. The number of hydrogen-bond acceptors (Lipinski definition) is 7. The van der Waals surface area contributed by atoms with Gasteiger partial charge in [-0.2, -0.15) is 4.98 Å². The highest BCUT2D eigenvalue weighted by atomic mass is 32.1. The Morgan fingerprint density at radius 2 is 2.00 bits per heavy atom. The lowest BCUT2D eigenvalue weighted by Crippen LogP contribution is -2.41. The van der Waals surface area contributed by atoms with Crippen LogP contribution in [0.3, 0.4) is 0 Å². The monoisotopic (exact) mass is 424 g/mol. The van der Waals surface area contributed by atoms with E-state index in [0.717, 1.165) is 10.4 Å². The largest absolute Gasteiger partial charge is 0.467 e. The highest BCUT2D eigenvalue weighted by Crippen LogP contribution is 2.31. The van der Waals surface area contributed by atoms with Crippen molar-refractivity contribution in [3.05, 3.63) is 60.2 Å². The van der Waals surface area contributed by atoms with Crippen LogP contribution in [0.5, 0.6) is 5.19 Å². The number of rotatable bonds is 4. The van der Waals surface area contributed by atoms with E-state index in [9.17, 15) is 9.18 Å². The lowest BCUT2D eigenvalue weighted by atomic mass is 10.1. The Morgan fingerprint density at radius 3 is 2.77 bits per heavy atom. The van der Waals surface area contributed by atoms with Crippen molar-refractivity contribution in [2.24, 2.45) is 0 Å². The molecule has 0 bridgehead atoms. The summed E-state index contributed by atoms with van der Waals surface area (Å²) in [6.07, 6.45) is 2.82. The van der Waals surface area contributed by atoms with Crippen molar-refractivity contribution < 1.29 is 13.9 Å². The molecule has 0 aliphatic carbocycles. The molecule has 2 aromatic heterocycles. The van der Waals surface area contributed by atoms with Gasteiger partial charge in [0, 0.05) is 31.5 Å². The fraction of sp³-hybridized carbons (Fsp3) is 0.250. The van der Waals surface area contributed by atoms with Crippen LogP contribution in [0, 0.1) is 5.82 Å². The average Bonchev–Trinajstić information content (AvgIpc) is 3.45. The molecule has 1 fully saturated rings. The number of thiazole rings is 1. The maximum Gasteiger partial charge on any atom is 0.274 e. The molecule has 8 nitrogen and oxygen atoms in total. The second-order valence-electron chi connectivity index (χ2n) is 6.98. The molecular formula is C20H17FN6O2S. The van der Waals surface area contributed by atoms with E-state index >= 15 is 0 Å². The summed E-state index contributed by atoms with van der Waals surface area (Å²) in [4.78, 5) is 19.0. The van der Waals surface area contributed by atoms with Crippen LogP contribution in [0.1, 0.15) is 23.2 Å². The highest BCUT2D eigenvalue weighted by molar-refractivity contribution is 7.20. The fourth-order valence-corrected chi connectivity index (χ4v) is 4.40. The highest BCUT2D eigenvalue weighted by Gasteiger charge is 2.26. The topological polar surface area (TPSA) is 86.0 Å². The minimum atomic E-state index is -0.345. The number of para-hydroxylation sites is 1. The summed E-state index contributed by atoms with van der Waals surface area (Å²) in [5.41, 5.74) is 1.66. The minimum absolute atomic E-state index is 0.0366. The molecule has 30 heavy (non-hydrogen) atoms. The van der Waals surface area contributed by atoms with Crippen molar-refractivity contribution in [1.29, 1.82) is 0 Å². The Morgan fingerprint density at radius 1 is 1.17 bits per heavy atom. The molecular weight excluding hydrogens is 407 g/mol. The lowest BCUT2D eigenvalue weighted by Gasteiger charge is -2.31. The molecule has 2 aromatic carbocycles. The normalized spacial score (nSPS) is 14.9. The van der Waals surface area contributed by atoms with Gasteiger partial charge in [-0.05, 0) is 40.8 Å². The molecule has 0 spiro atoms. The second-order valence-corrected chi connectivity index (χ2v) is 7.97. The van der Waals surface area contributed by atoms with Crippen LogP contribution in [0.15, 0.2) is 48.8 Å². The Kier molecular flexibility index (Phi) is 4.83. The van der Waals surface area contributed by atoms with E-state index in [-0.39, 0.29) is 17.8 Å². The van der Waals surface area contributed by atoms with Crippen molar-refractivity contribution in [2.75, 3.05) is 13.1 Å². The fourth-order valence-electron chi connectivity index (χ4n) is 3.51. The van der Waals surface area contributed by atoms with Gasteiger partial charge in [0.25, 0.3) is 11.1 Å². The number of likely N-dealkylation sites (tertiary alicyclic amines) is 1. The number of aromatic nitrogens is 5. The number of hydrogen-bond donors (Lipinski definition) is 0. The molecule has 1 saturated heterocycles. The Labute approximate surface area is 174 Å². The van der Waals surface area contributed by atoms with Crippen LogP contribution in [-0.2, 0) is 0 Å². The van der Waals surface area contributed by atoms with Crippen molar-refractivity contribution in [3.63, 3.8) is 0 Å². The predicted molar refractivity (Wildman–Crippen MR) is 108 cm³/mol. The number of piperidine rings is 1. The molecule has 5 rings (SSSR count). The van der Waals surface area contributed by atoms with Gasteiger partial charge in [0.2, 0.25) is 0 Å². The van der Waals surface area contributed by atoms with Gasteiger partial charge < -0.3 is 9.64 Å². The van der Waals surface area contributed by atoms with E-state index < -0.39 is 0 Å². The summed E-state index contributed by atoms with van der Waals surface area (Å²) >= 11 is 1.34. The Balaban J connectivity index is 1.23. The predicted octanol–water partition coefficient (Wildman–Crippen LogP) is 3.09. The molecule has 3 heterocycles. The molecule has 0 atom stereocenters. The molecule has 0 radical (unpaired) electrons. The zero-order chi connectivity index (χ0) is 20.5. The smallest absolute Gasteiger partial charge is 0.274 e. The van der Waals surface area contributed by atoms with Crippen LogP contribution >= 0.6 is 11.3 Å². The summed E-state index contributed by atoms with van der Waals surface area (Å²) in [5, 5.41) is 11.6. The number of amides is 1. The summed E-state index contributed by atoms with van der Waals surface area (Å²) in [6.45, 7) is 1.16. The number of benzene rings is 2. The zero-order valence-electron chi connectivity index (χ0n) is 15.8. The molecule has 10 heteroatoms. The standard InChI is InChI=1S/C20H17FN6O2S/c21-16-5-2-6-17-18(16)23-20(30-17)29-15-7-9-26(10-8-15)19(28)13-3-1-4-14(11-13)27-12-22-24-25-27/h1-6,11-12,15H,7-10H2.